The number of benzene rings is 1. The molecule has 1 aromatic heterocycles. The molecule has 3 N–H and O–H groups in total. The van der Waals surface area contributed by atoms with Crippen molar-refractivity contribution in [2.45, 2.75) is 24.4 Å². The van der Waals surface area contributed by atoms with Crippen LogP contribution in [0.1, 0.15) is 33.3 Å². The number of primary amides is 1. The van der Waals surface area contributed by atoms with E-state index in [0.29, 0.717) is 17.8 Å². The fourth-order valence-corrected chi connectivity index (χ4v) is 3.60. The Kier molecular flexibility index (Phi) is 3.94. The Hall–Kier alpha value is -2.21. The van der Waals surface area contributed by atoms with Crippen molar-refractivity contribution in [1.82, 2.24) is 9.88 Å². The van der Waals surface area contributed by atoms with Gasteiger partial charge in [-0.15, -0.1) is 11.8 Å². The van der Waals surface area contributed by atoms with Crippen LogP contribution in [0, 0.1) is 0 Å². The molecule has 1 atom stereocenters. The highest BCUT2D eigenvalue weighted by Crippen LogP contribution is 2.30. The Bertz CT molecular complexity index is 726. The highest BCUT2D eigenvalue weighted by Gasteiger charge is 2.26. The number of carbonyl (C=O) groups excluding carboxylic acids is 2. The number of carbonyl (C=O) groups is 2. The van der Waals surface area contributed by atoms with Gasteiger partial charge in [0.1, 0.15) is 5.69 Å². The number of hydrogen-bond acceptors (Lipinski definition) is 3. The summed E-state index contributed by atoms with van der Waals surface area (Å²) in [5.41, 5.74) is 7.09. The second-order valence-electron chi connectivity index (χ2n) is 5.37. The van der Waals surface area contributed by atoms with Crippen LogP contribution < -0.4 is 5.73 Å². The third kappa shape index (κ3) is 2.74. The zero-order valence-electron chi connectivity index (χ0n) is 12.2. The first-order valence-electron chi connectivity index (χ1n) is 7.06. The molecule has 6 heteroatoms. The predicted molar refractivity (Wildman–Crippen MR) is 85.8 cm³/mol. The molecule has 1 aromatic carbocycles. The fraction of sp³-hybridized carbons (Fsp3) is 0.250. The number of H-pyrrole nitrogens is 1. The Balaban J connectivity index is 1.88. The van der Waals surface area contributed by atoms with Gasteiger partial charge in [0.05, 0.1) is 5.56 Å². The molecule has 1 aliphatic heterocycles. The zero-order valence-corrected chi connectivity index (χ0v) is 13.0. The maximum atomic E-state index is 12.7. The molecule has 0 radical (unpaired) electrons. The van der Waals surface area contributed by atoms with Crippen molar-refractivity contribution < 1.29 is 9.59 Å². The third-order valence-corrected chi connectivity index (χ3v) is 5.14. The van der Waals surface area contributed by atoms with Gasteiger partial charge in [0.25, 0.3) is 5.91 Å². The van der Waals surface area contributed by atoms with Crippen LogP contribution in [-0.2, 0) is 6.54 Å². The van der Waals surface area contributed by atoms with Crippen LogP contribution >= 0.6 is 11.8 Å². The molecule has 22 heavy (non-hydrogen) atoms. The first kappa shape index (κ1) is 14.7. The van der Waals surface area contributed by atoms with Gasteiger partial charge < -0.3 is 15.6 Å². The lowest BCUT2D eigenvalue weighted by Gasteiger charge is -2.26. The molecule has 3 rings (SSSR count). The normalized spacial score (nSPS) is 17.7. The minimum atomic E-state index is -0.542. The summed E-state index contributed by atoms with van der Waals surface area (Å²) in [6.07, 6.45) is 1.47. The lowest BCUT2D eigenvalue weighted by Crippen LogP contribution is -2.38. The summed E-state index contributed by atoms with van der Waals surface area (Å²) in [5, 5.41) is 0. The average molecular weight is 315 g/mol. The van der Waals surface area contributed by atoms with E-state index in [2.05, 4.69) is 11.1 Å². The monoisotopic (exact) mass is 315 g/mol. The van der Waals surface area contributed by atoms with E-state index in [4.69, 9.17) is 5.73 Å². The minimum absolute atomic E-state index is 0.102. The Morgan fingerprint density at radius 2 is 2.14 bits per heavy atom. The number of fused-ring (bicyclic) bond motifs is 1. The molecule has 0 fully saturated rings. The Morgan fingerprint density at radius 1 is 1.36 bits per heavy atom. The second kappa shape index (κ2) is 5.88. The van der Waals surface area contributed by atoms with E-state index in [1.807, 2.05) is 30.0 Å². The van der Waals surface area contributed by atoms with Crippen molar-refractivity contribution in [2.75, 3.05) is 5.75 Å². The number of aromatic amines is 1. The van der Waals surface area contributed by atoms with Crippen molar-refractivity contribution >= 4 is 23.6 Å². The highest BCUT2D eigenvalue weighted by molar-refractivity contribution is 7.99. The number of amides is 2. The number of rotatable bonds is 2. The van der Waals surface area contributed by atoms with Crippen LogP contribution in [0.3, 0.4) is 0 Å². The van der Waals surface area contributed by atoms with Gasteiger partial charge in [0, 0.05) is 29.4 Å². The topological polar surface area (TPSA) is 79.2 Å². The van der Waals surface area contributed by atoms with Crippen molar-refractivity contribution in [3.8, 4) is 0 Å². The van der Waals surface area contributed by atoms with Crippen molar-refractivity contribution in [2.24, 2.45) is 5.73 Å². The summed E-state index contributed by atoms with van der Waals surface area (Å²) in [5.74, 6) is 0.184. The summed E-state index contributed by atoms with van der Waals surface area (Å²) < 4.78 is 0. The van der Waals surface area contributed by atoms with Crippen LogP contribution in [0.4, 0.5) is 0 Å². The maximum absolute atomic E-state index is 12.7. The third-order valence-electron chi connectivity index (χ3n) is 3.78. The smallest absolute Gasteiger partial charge is 0.270 e. The Labute approximate surface area is 132 Å². The fourth-order valence-electron chi connectivity index (χ4n) is 2.50. The average Bonchev–Trinajstić information content (AvgIpc) is 2.94. The quantitative estimate of drug-likeness (QED) is 0.892. The molecule has 0 aliphatic carbocycles. The van der Waals surface area contributed by atoms with E-state index in [0.717, 1.165) is 11.3 Å². The SMILES string of the molecule is CC1CSc2ccccc2CN1C(=O)c1cc(C(N)=O)c[nH]1. The van der Waals surface area contributed by atoms with E-state index in [-0.39, 0.29) is 11.9 Å². The standard InChI is InChI=1S/C16H17N3O2S/c1-10-9-22-14-5-3-2-4-11(14)8-19(10)16(21)13-6-12(7-18-13)15(17)20/h2-7,10,18H,8-9H2,1H3,(H2,17,20). The zero-order chi connectivity index (χ0) is 15.7. The molecule has 0 spiro atoms. The predicted octanol–water partition coefficient (Wildman–Crippen LogP) is 2.25. The molecule has 0 bridgehead atoms. The second-order valence-corrected chi connectivity index (χ2v) is 6.43. The molecule has 2 amide bonds. The maximum Gasteiger partial charge on any atom is 0.270 e. The number of hydrogen-bond donors (Lipinski definition) is 2. The molecule has 5 nitrogen and oxygen atoms in total. The number of nitrogens with zero attached hydrogens (tertiary/aromatic N) is 1. The number of nitrogens with two attached hydrogens (primary N) is 1. The van der Waals surface area contributed by atoms with Crippen LogP contribution in [0.5, 0.6) is 0 Å². The largest absolute Gasteiger partial charge is 0.366 e. The summed E-state index contributed by atoms with van der Waals surface area (Å²) in [4.78, 5) is 29.8. The minimum Gasteiger partial charge on any atom is -0.366 e. The first-order valence-corrected chi connectivity index (χ1v) is 8.04. The van der Waals surface area contributed by atoms with Gasteiger partial charge in [0.15, 0.2) is 0 Å². The number of nitrogens with one attached hydrogen (secondary N) is 1. The number of thioether (sulfide) groups is 1. The van der Waals surface area contributed by atoms with E-state index >= 15 is 0 Å². The summed E-state index contributed by atoms with van der Waals surface area (Å²) in [6, 6.07) is 9.74. The van der Waals surface area contributed by atoms with Gasteiger partial charge in [0.2, 0.25) is 5.91 Å². The van der Waals surface area contributed by atoms with Crippen molar-refractivity contribution in [3.63, 3.8) is 0 Å². The molecular weight excluding hydrogens is 298 g/mol. The lowest BCUT2D eigenvalue weighted by molar-refractivity contribution is 0.0689. The van der Waals surface area contributed by atoms with Gasteiger partial charge >= 0.3 is 0 Å². The Morgan fingerprint density at radius 3 is 2.86 bits per heavy atom. The van der Waals surface area contributed by atoms with E-state index < -0.39 is 5.91 Å². The summed E-state index contributed by atoms with van der Waals surface area (Å²) in [7, 11) is 0. The van der Waals surface area contributed by atoms with Gasteiger partial charge in [-0.2, -0.15) is 0 Å². The van der Waals surface area contributed by atoms with Crippen LogP contribution in [-0.4, -0.2) is 33.5 Å². The molecule has 114 valence electrons. The summed E-state index contributed by atoms with van der Waals surface area (Å²) >= 11 is 1.77. The molecule has 0 saturated carbocycles. The lowest BCUT2D eigenvalue weighted by atomic mass is 10.1. The summed E-state index contributed by atoms with van der Waals surface area (Å²) in [6.45, 7) is 2.60. The van der Waals surface area contributed by atoms with E-state index in [9.17, 15) is 9.59 Å². The van der Waals surface area contributed by atoms with Gasteiger partial charge in [-0.3, -0.25) is 9.59 Å². The molecule has 1 unspecified atom stereocenters. The van der Waals surface area contributed by atoms with Crippen LogP contribution in [0.2, 0.25) is 0 Å². The van der Waals surface area contributed by atoms with Crippen LogP contribution in [0.25, 0.3) is 0 Å². The molecule has 0 saturated heterocycles. The van der Waals surface area contributed by atoms with Crippen molar-refractivity contribution in [1.29, 1.82) is 0 Å². The van der Waals surface area contributed by atoms with Crippen molar-refractivity contribution in [3.05, 3.63) is 53.3 Å². The van der Waals surface area contributed by atoms with Gasteiger partial charge in [-0.25, -0.2) is 0 Å². The van der Waals surface area contributed by atoms with E-state index in [1.54, 1.807) is 11.8 Å². The molecule has 1 aliphatic rings. The number of aromatic nitrogens is 1. The highest BCUT2D eigenvalue weighted by atomic mass is 32.2. The van der Waals surface area contributed by atoms with E-state index in [1.165, 1.54) is 17.2 Å². The molecule has 2 heterocycles. The van der Waals surface area contributed by atoms with Crippen LogP contribution in [0.15, 0.2) is 41.4 Å². The molecule has 2 aromatic rings. The van der Waals surface area contributed by atoms with Gasteiger partial charge in [-0.05, 0) is 24.6 Å². The van der Waals surface area contributed by atoms with Gasteiger partial charge in [-0.1, -0.05) is 18.2 Å². The molecular formula is C16H17N3O2S. The first-order chi connectivity index (χ1) is 10.6.